The molecule has 1 heterocycles. The van der Waals surface area contributed by atoms with Gasteiger partial charge in [-0.15, -0.1) is 0 Å². The number of carbonyl (C=O) groups excluding carboxylic acids is 1. The van der Waals surface area contributed by atoms with Crippen LogP contribution in [0.5, 0.6) is 5.75 Å². The number of halogens is 1. The van der Waals surface area contributed by atoms with E-state index in [4.69, 9.17) is 4.74 Å². The minimum atomic E-state index is -3.46. The first-order chi connectivity index (χ1) is 11.8. The first-order valence-corrected chi connectivity index (χ1v) is 10.3. The fraction of sp³-hybridized carbons (Fsp3) is 0.235. The number of carbonyl (C=O) groups is 1. The average molecular weight is 425 g/mol. The van der Waals surface area contributed by atoms with E-state index in [0.717, 1.165) is 10.7 Å². The van der Waals surface area contributed by atoms with Crippen LogP contribution in [0.3, 0.4) is 0 Å². The highest BCUT2D eigenvalue weighted by molar-refractivity contribution is 9.10. The monoisotopic (exact) mass is 424 g/mol. The van der Waals surface area contributed by atoms with Gasteiger partial charge in [-0.2, -0.15) is 0 Å². The summed E-state index contributed by atoms with van der Waals surface area (Å²) < 4.78 is 32.1. The maximum atomic E-state index is 12.6. The largest absolute Gasteiger partial charge is 0.478 e. The predicted octanol–water partition coefficient (Wildman–Crippen LogP) is 3.00. The molecular weight excluding hydrogens is 408 g/mol. The molecule has 1 aliphatic heterocycles. The van der Waals surface area contributed by atoms with Gasteiger partial charge in [0.05, 0.1) is 11.9 Å². The zero-order chi connectivity index (χ0) is 18.0. The zero-order valence-corrected chi connectivity index (χ0v) is 15.9. The normalized spacial score (nSPS) is 17.2. The van der Waals surface area contributed by atoms with Gasteiger partial charge in [-0.05, 0) is 36.4 Å². The van der Waals surface area contributed by atoms with Crippen LogP contribution in [0.25, 0.3) is 0 Å². The van der Waals surface area contributed by atoms with Crippen molar-refractivity contribution in [2.45, 2.75) is 12.5 Å². The molecule has 0 aliphatic carbocycles. The van der Waals surface area contributed by atoms with Crippen LogP contribution < -0.4 is 14.4 Å². The number of para-hydroxylation sites is 2. The van der Waals surface area contributed by atoms with Gasteiger partial charge in [0.25, 0.3) is 5.91 Å². The quantitative estimate of drug-likeness (QED) is 0.821. The Labute approximate surface area is 155 Å². The highest BCUT2D eigenvalue weighted by atomic mass is 79.9. The van der Waals surface area contributed by atoms with Gasteiger partial charge < -0.3 is 10.1 Å². The fourth-order valence-electron chi connectivity index (χ4n) is 2.62. The lowest BCUT2D eigenvalue weighted by atomic mass is 10.2. The Balaban J connectivity index is 1.83. The van der Waals surface area contributed by atoms with Crippen LogP contribution in [0.2, 0.25) is 0 Å². The van der Waals surface area contributed by atoms with Crippen LogP contribution in [0.1, 0.15) is 6.42 Å². The van der Waals surface area contributed by atoms with Crippen molar-refractivity contribution in [1.29, 1.82) is 0 Å². The summed E-state index contributed by atoms with van der Waals surface area (Å²) in [7, 11) is -3.46. The maximum absolute atomic E-state index is 12.6. The first-order valence-electron chi connectivity index (χ1n) is 7.64. The number of sulfonamides is 1. The molecule has 1 aliphatic rings. The van der Waals surface area contributed by atoms with Gasteiger partial charge in [-0.25, -0.2) is 8.42 Å². The lowest BCUT2D eigenvalue weighted by molar-refractivity contribution is -0.122. The highest BCUT2D eigenvalue weighted by Gasteiger charge is 2.30. The number of hydrogen-bond donors (Lipinski definition) is 1. The molecule has 1 atom stereocenters. The second-order valence-corrected chi connectivity index (χ2v) is 8.52. The Morgan fingerprint density at radius 1 is 1.20 bits per heavy atom. The molecule has 25 heavy (non-hydrogen) atoms. The van der Waals surface area contributed by atoms with Crippen molar-refractivity contribution in [2.75, 3.05) is 22.4 Å². The standard InChI is InChI=1S/C17H17BrN2O4S/c1-25(22,23)20-11-10-16(24-15-5-3-2-4-14(15)20)17(21)19-13-8-6-12(18)7-9-13/h2-9,16H,10-11H2,1H3,(H,19,21)/t16-/m1/s1. The summed E-state index contributed by atoms with van der Waals surface area (Å²) in [4.78, 5) is 12.6. The number of nitrogens with zero attached hydrogens (tertiary/aromatic N) is 1. The Kier molecular flexibility index (Phi) is 5.01. The minimum absolute atomic E-state index is 0.175. The summed E-state index contributed by atoms with van der Waals surface area (Å²) in [5.74, 6) is 0.0638. The third kappa shape index (κ3) is 4.13. The number of benzene rings is 2. The molecule has 2 aromatic carbocycles. The predicted molar refractivity (Wildman–Crippen MR) is 100 cm³/mol. The number of hydrogen-bond acceptors (Lipinski definition) is 4. The molecule has 0 bridgehead atoms. The Hall–Kier alpha value is -2.06. The average Bonchev–Trinajstić information content (AvgIpc) is 2.76. The SMILES string of the molecule is CS(=O)(=O)N1CC[C@H](C(=O)Nc2ccc(Br)cc2)Oc2ccccc21. The second kappa shape index (κ2) is 7.05. The molecule has 0 saturated heterocycles. The molecule has 2 aromatic rings. The zero-order valence-electron chi connectivity index (χ0n) is 13.5. The van der Waals surface area contributed by atoms with Crippen molar-refractivity contribution in [3.05, 3.63) is 53.0 Å². The Morgan fingerprint density at radius 3 is 2.56 bits per heavy atom. The van der Waals surface area contributed by atoms with E-state index in [1.54, 1.807) is 36.4 Å². The molecular formula is C17H17BrN2O4S. The fourth-order valence-corrected chi connectivity index (χ4v) is 3.82. The minimum Gasteiger partial charge on any atom is -0.478 e. The first kappa shape index (κ1) is 17.8. The molecule has 1 amide bonds. The van der Waals surface area contributed by atoms with E-state index in [1.165, 1.54) is 4.31 Å². The van der Waals surface area contributed by atoms with Crippen LogP contribution in [-0.2, 0) is 14.8 Å². The van der Waals surface area contributed by atoms with Gasteiger partial charge in [-0.3, -0.25) is 9.10 Å². The van der Waals surface area contributed by atoms with Crippen molar-refractivity contribution in [1.82, 2.24) is 0 Å². The van der Waals surface area contributed by atoms with E-state index in [1.807, 2.05) is 12.1 Å². The molecule has 0 unspecified atom stereocenters. The number of rotatable bonds is 3. The molecule has 0 fully saturated rings. The molecule has 0 aromatic heterocycles. The Bertz CT molecular complexity index is 884. The number of ether oxygens (including phenoxy) is 1. The van der Waals surface area contributed by atoms with Crippen molar-refractivity contribution in [3.8, 4) is 5.75 Å². The number of nitrogens with one attached hydrogen (secondary N) is 1. The van der Waals surface area contributed by atoms with Gasteiger partial charge in [-0.1, -0.05) is 28.1 Å². The molecule has 132 valence electrons. The van der Waals surface area contributed by atoms with Gasteiger partial charge in [0.15, 0.2) is 6.10 Å². The third-order valence-corrected chi connectivity index (χ3v) is 5.51. The van der Waals surface area contributed by atoms with E-state index in [0.29, 0.717) is 17.1 Å². The van der Waals surface area contributed by atoms with Crippen LogP contribution in [0, 0.1) is 0 Å². The van der Waals surface area contributed by atoms with Crippen molar-refractivity contribution in [3.63, 3.8) is 0 Å². The summed E-state index contributed by atoms with van der Waals surface area (Å²) >= 11 is 3.34. The molecule has 6 nitrogen and oxygen atoms in total. The lowest BCUT2D eigenvalue weighted by Gasteiger charge is -2.20. The van der Waals surface area contributed by atoms with Gasteiger partial charge in [0, 0.05) is 23.1 Å². The molecule has 0 saturated carbocycles. The smallest absolute Gasteiger partial charge is 0.265 e. The van der Waals surface area contributed by atoms with E-state index in [-0.39, 0.29) is 18.9 Å². The summed E-state index contributed by atoms with van der Waals surface area (Å²) in [5, 5.41) is 2.80. The molecule has 1 N–H and O–H groups in total. The third-order valence-electron chi connectivity index (χ3n) is 3.80. The summed E-state index contributed by atoms with van der Waals surface area (Å²) in [6, 6.07) is 14.0. The van der Waals surface area contributed by atoms with E-state index in [9.17, 15) is 13.2 Å². The van der Waals surface area contributed by atoms with Crippen LogP contribution in [-0.4, -0.2) is 33.2 Å². The number of anilines is 2. The molecule has 8 heteroatoms. The lowest BCUT2D eigenvalue weighted by Crippen LogP contribution is -2.35. The summed E-state index contributed by atoms with van der Waals surface area (Å²) in [6.45, 7) is 0.175. The Morgan fingerprint density at radius 2 is 1.88 bits per heavy atom. The van der Waals surface area contributed by atoms with Crippen LogP contribution >= 0.6 is 15.9 Å². The van der Waals surface area contributed by atoms with Crippen molar-refractivity contribution in [2.24, 2.45) is 0 Å². The number of amides is 1. The van der Waals surface area contributed by atoms with E-state index in [2.05, 4.69) is 21.2 Å². The maximum Gasteiger partial charge on any atom is 0.265 e. The van der Waals surface area contributed by atoms with Gasteiger partial charge >= 0.3 is 0 Å². The molecule has 0 spiro atoms. The van der Waals surface area contributed by atoms with E-state index >= 15 is 0 Å². The highest BCUT2D eigenvalue weighted by Crippen LogP contribution is 2.34. The summed E-state index contributed by atoms with van der Waals surface area (Å²) in [6.07, 6.45) is 0.618. The second-order valence-electron chi connectivity index (χ2n) is 5.69. The van der Waals surface area contributed by atoms with E-state index < -0.39 is 16.1 Å². The topological polar surface area (TPSA) is 75.7 Å². The van der Waals surface area contributed by atoms with Crippen molar-refractivity contribution < 1.29 is 17.9 Å². The molecule has 0 radical (unpaired) electrons. The van der Waals surface area contributed by atoms with Crippen LogP contribution in [0.15, 0.2) is 53.0 Å². The summed E-state index contributed by atoms with van der Waals surface area (Å²) in [5.41, 5.74) is 1.10. The van der Waals surface area contributed by atoms with Crippen molar-refractivity contribution >= 4 is 43.2 Å². The van der Waals surface area contributed by atoms with Crippen LogP contribution in [0.4, 0.5) is 11.4 Å². The molecule has 3 rings (SSSR count). The number of fused-ring (bicyclic) bond motifs is 1. The van der Waals surface area contributed by atoms with Gasteiger partial charge in [0.1, 0.15) is 5.75 Å². The van der Waals surface area contributed by atoms with Gasteiger partial charge in [0.2, 0.25) is 10.0 Å².